The van der Waals surface area contributed by atoms with E-state index in [1.54, 1.807) is 17.1 Å². The molecule has 23 heavy (non-hydrogen) atoms. The molecule has 0 aliphatic rings. The summed E-state index contributed by atoms with van der Waals surface area (Å²) in [5, 5.41) is 3.32. The van der Waals surface area contributed by atoms with Gasteiger partial charge >= 0.3 is 5.69 Å². The lowest BCUT2D eigenvalue weighted by Crippen LogP contribution is -2.17. The number of nitrogens with zero attached hydrogens (tertiary/aromatic N) is 2. The summed E-state index contributed by atoms with van der Waals surface area (Å²) in [6.07, 6.45) is 3.33. The zero-order valence-corrected chi connectivity index (χ0v) is 12.3. The molecule has 0 bridgehead atoms. The van der Waals surface area contributed by atoms with Crippen LogP contribution in [0.5, 0.6) is 0 Å². The highest BCUT2D eigenvalue weighted by molar-refractivity contribution is 5.81. The van der Waals surface area contributed by atoms with Crippen LogP contribution in [0.25, 0.3) is 11.0 Å². The van der Waals surface area contributed by atoms with Gasteiger partial charge in [-0.25, -0.2) is 9.78 Å². The Labute approximate surface area is 131 Å². The van der Waals surface area contributed by atoms with Crippen LogP contribution in [0.4, 0.5) is 11.4 Å². The molecule has 0 amide bonds. The Morgan fingerprint density at radius 2 is 1.96 bits per heavy atom. The molecule has 0 saturated heterocycles. The molecule has 0 spiro atoms. The highest BCUT2D eigenvalue weighted by Crippen LogP contribution is 2.20. The van der Waals surface area contributed by atoms with Crippen LogP contribution in [0.2, 0.25) is 0 Å². The lowest BCUT2D eigenvalue weighted by molar-refractivity contribution is 0.769. The number of fused-ring (bicyclic) bond motifs is 1. The van der Waals surface area contributed by atoms with E-state index in [1.807, 2.05) is 48.5 Å². The Balaban J connectivity index is 1.69. The molecule has 114 valence electrons. The van der Waals surface area contributed by atoms with E-state index in [1.165, 1.54) is 0 Å². The minimum Gasteiger partial charge on any atom is -0.355 e. The molecule has 2 heterocycles. The second-order valence-corrected chi connectivity index (χ2v) is 5.32. The number of benzene rings is 2. The fraction of sp³-hybridized carbons (Fsp3) is 0.0588. The smallest absolute Gasteiger partial charge is 0.326 e. The van der Waals surface area contributed by atoms with E-state index in [-0.39, 0.29) is 5.69 Å². The summed E-state index contributed by atoms with van der Waals surface area (Å²) >= 11 is 0. The van der Waals surface area contributed by atoms with Crippen LogP contribution in [0.3, 0.4) is 0 Å². The molecule has 4 aromatic rings. The van der Waals surface area contributed by atoms with Crippen molar-refractivity contribution in [2.75, 3.05) is 5.32 Å². The number of aromatic amines is 2. The highest BCUT2D eigenvalue weighted by atomic mass is 16.1. The summed E-state index contributed by atoms with van der Waals surface area (Å²) in [4.78, 5) is 22.1. The standard InChI is InChI=1S/C17H15N5O/c23-17-21-15-8-13(20-12-4-2-1-3-5-12)6-7-16(15)22(17)10-14-9-18-11-19-14/h1-9,11,20H,10H2,(H,18,19)(H,21,23). The average Bonchev–Trinajstić information content (AvgIpc) is 3.17. The van der Waals surface area contributed by atoms with Crippen molar-refractivity contribution in [3.05, 3.63) is 77.2 Å². The molecule has 2 aromatic heterocycles. The van der Waals surface area contributed by atoms with Crippen molar-refractivity contribution in [1.82, 2.24) is 19.5 Å². The Hall–Kier alpha value is -3.28. The Kier molecular flexibility index (Phi) is 3.20. The van der Waals surface area contributed by atoms with E-state index in [0.29, 0.717) is 6.54 Å². The molecule has 4 rings (SSSR count). The van der Waals surface area contributed by atoms with Crippen LogP contribution < -0.4 is 11.0 Å². The first kappa shape index (κ1) is 13.4. The van der Waals surface area contributed by atoms with Gasteiger partial charge in [-0.3, -0.25) is 4.57 Å². The predicted octanol–water partition coefficient (Wildman–Crippen LogP) is 2.84. The quantitative estimate of drug-likeness (QED) is 0.542. The number of aromatic nitrogens is 4. The van der Waals surface area contributed by atoms with Crippen LogP contribution in [-0.4, -0.2) is 19.5 Å². The van der Waals surface area contributed by atoms with Crippen LogP contribution >= 0.6 is 0 Å². The second kappa shape index (κ2) is 5.49. The molecular weight excluding hydrogens is 290 g/mol. The molecule has 0 saturated carbocycles. The maximum Gasteiger partial charge on any atom is 0.326 e. The number of imidazole rings is 2. The van der Waals surface area contributed by atoms with Crippen LogP contribution in [0, 0.1) is 0 Å². The van der Waals surface area contributed by atoms with Gasteiger partial charge in [0.2, 0.25) is 0 Å². The molecule has 0 atom stereocenters. The third-order valence-corrected chi connectivity index (χ3v) is 3.72. The number of hydrogen-bond acceptors (Lipinski definition) is 3. The van der Waals surface area contributed by atoms with Gasteiger partial charge in [0.1, 0.15) is 0 Å². The van der Waals surface area contributed by atoms with Crippen molar-refractivity contribution < 1.29 is 0 Å². The van der Waals surface area contributed by atoms with Gasteiger partial charge < -0.3 is 15.3 Å². The van der Waals surface area contributed by atoms with Gasteiger partial charge in [0.15, 0.2) is 0 Å². The summed E-state index contributed by atoms with van der Waals surface area (Å²) in [5.41, 5.74) is 4.36. The summed E-state index contributed by atoms with van der Waals surface area (Å²) in [5.74, 6) is 0. The molecule has 0 aliphatic carbocycles. The summed E-state index contributed by atoms with van der Waals surface area (Å²) < 4.78 is 1.69. The molecule has 0 fully saturated rings. The third kappa shape index (κ3) is 2.62. The van der Waals surface area contributed by atoms with Gasteiger partial charge in [-0.15, -0.1) is 0 Å². The maximum atomic E-state index is 12.2. The molecule has 0 radical (unpaired) electrons. The summed E-state index contributed by atoms with van der Waals surface area (Å²) in [6.45, 7) is 0.463. The normalized spacial score (nSPS) is 11.0. The number of hydrogen-bond donors (Lipinski definition) is 3. The zero-order chi connectivity index (χ0) is 15.6. The summed E-state index contributed by atoms with van der Waals surface area (Å²) in [6, 6.07) is 15.8. The first-order chi connectivity index (χ1) is 11.3. The second-order valence-electron chi connectivity index (χ2n) is 5.32. The van der Waals surface area contributed by atoms with Crippen molar-refractivity contribution in [1.29, 1.82) is 0 Å². The molecule has 0 unspecified atom stereocenters. The topological polar surface area (TPSA) is 78.5 Å². The van der Waals surface area contributed by atoms with Crippen LogP contribution in [-0.2, 0) is 6.54 Å². The fourth-order valence-electron chi connectivity index (χ4n) is 2.63. The number of anilines is 2. The average molecular weight is 305 g/mol. The Morgan fingerprint density at radius 3 is 2.74 bits per heavy atom. The molecule has 0 aliphatic heterocycles. The van der Waals surface area contributed by atoms with Crippen molar-refractivity contribution in [2.45, 2.75) is 6.54 Å². The van der Waals surface area contributed by atoms with Crippen molar-refractivity contribution in [2.24, 2.45) is 0 Å². The molecule has 6 nitrogen and oxygen atoms in total. The predicted molar refractivity (Wildman–Crippen MR) is 90.0 cm³/mol. The number of para-hydroxylation sites is 1. The number of rotatable bonds is 4. The number of H-pyrrole nitrogens is 2. The van der Waals surface area contributed by atoms with Gasteiger partial charge in [-0.05, 0) is 30.3 Å². The SMILES string of the molecule is O=c1[nH]c2cc(Nc3ccccc3)ccc2n1Cc1cnc[nH]1. The van der Waals surface area contributed by atoms with E-state index < -0.39 is 0 Å². The van der Waals surface area contributed by atoms with E-state index in [0.717, 1.165) is 28.1 Å². The molecule has 2 aromatic carbocycles. The molecular formula is C17H15N5O. The van der Waals surface area contributed by atoms with E-state index >= 15 is 0 Å². The fourth-order valence-corrected chi connectivity index (χ4v) is 2.63. The van der Waals surface area contributed by atoms with Crippen molar-refractivity contribution in [3.63, 3.8) is 0 Å². The molecule has 3 N–H and O–H groups in total. The first-order valence-corrected chi connectivity index (χ1v) is 7.31. The highest BCUT2D eigenvalue weighted by Gasteiger charge is 2.08. The van der Waals surface area contributed by atoms with Crippen molar-refractivity contribution >= 4 is 22.4 Å². The largest absolute Gasteiger partial charge is 0.355 e. The van der Waals surface area contributed by atoms with Gasteiger partial charge in [0, 0.05) is 17.6 Å². The van der Waals surface area contributed by atoms with Gasteiger partial charge in [0.25, 0.3) is 0 Å². The molecule has 6 heteroatoms. The minimum atomic E-state index is -0.133. The first-order valence-electron chi connectivity index (χ1n) is 7.31. The minimum absolute atomic E-state index is 0.133. The lowest BCUT2D eigenvalue weighted by Gasteiger charge is -2.07. The third-order valence-electron chi connectivity index (χ3n) is 3.72. The number of nitrogens with one attached hydrogen (secondary N) is 3. The van der Waals surface area contributed by atoms with E-state index in [9.17, 15) is 4.79 Å². The van der Waals surface area contributed by atoms with Gasteiger partial charge in [-0.1, -0.05) is 18.2 Å². The van der Waals surface area contributed by atoms with Crippen molar-refractivity contribution in [3.8, 4) is 0 Å². The monoisotopic (exact) mass is 305 g/mol. The van der Waals surface area contributed by atoms with Crippen LogP contribution in [0.1, 0.15) is 5.69 Å². The van der Waals surface area contributed by atoms with Gasteiger partial charge in [0.05, 0.1) is 29.6 Å². The Morgan fingerprint density at radius 1 is 1.09 bits per heavy atom. The van der Waals surface area contributed by atoms with E-state index in [2.05, 4.69) is 20.3 Å². The maximum absolute atomic E-state index is 12.2. The van der Waals surface area contributed by atoms with E-state index in [4.69, 9.17) is 0 Å². The van der Waals surface area contributed by atoms with Gasteiger partial charge in [-0.2, -0.15) is 0 Å². The van der Waals surface area contributed by atoms with Crippen LogP contribution in [0.15, 0.2) is 65.8 Å². The Bertz CT molecular complexity index is 983. The zero-order valence-electron chi connectivity index (χ0n) is 12.3. The lowest BCUT2D eigenvalue weighted by atomic mass is 10.2. The summed E-state index contributed by atoms with van der Waals surface area (Å²) in [7, 11) is 0.